The van der Waals surface area contributed by atoms with Crippen molar-refractivity contribution >= 4 is 11.8 Å². The van der Waals surface area contributed by atoms with Gasteiger partial charge in [0.25, 0.3) is 0 Å². The monoisotopic (exact) mass is 944 g/mol. The average Bonchev–Trinajstić information content (AvgIpc) is 3.31. The largest absolute Gasteiger partial charge is 0.393 e. The Morgan fingerprint density at radius 3 is 0.806 bits per heavy atom. The Labute approximate surface area is 420 Å². The van der Waals surface area contributed by atoms with Gasteiger partial charge in [-0.05, 0) is 83.2 Å². The molecule has 0 aromatic carbocycles. The molecule has 1 aliphatic rings. The summed E-state index contributed by atoms with van der Waals surface area (Å²) in [6.45, 7) is 16.5. The maximum atomic E-state index is 13.4. The van der Waals surface area contributed by atoms with Crippen molar-refractivity contribution in [3.63, 3.8) is 0 Å². The molecule has 6 heteroatoms. The van der Waals surface area contributed by atoms with Gasteiger partial charge in [-0.25, -0.2) is 0 Å². The lowest BCUT2D eigenvalue weighted by Crippen LogP contribution is -2.39. The van der Waals surface area contributed by atoms with Crippen molar-refractivity contribution in [1.29, 1.82) is 0 Å². The summed E-state index contributed by atoms with van der Waals surface area (Å²) in [4.78, 5) is 34.1. The van der Waals surface area contributed by atoms with E-state index in [0.717, 1.165) is 71.2 Å². The van der Waals surface area contributed by atoms with Crippen molar-refractivity contribution < 1.29 is 14.7 Å². The molecule has 398 valence electrons. The Hall–Kier alpha value is -1.14. The van der Waals surface area contributed by atoms with E-state index in [1.165, 1.54) is 270 Å². The van der Waals surface area contributed by atoms with Crippen LogP contribution < -0.4 is 0 Å². The zero-order valence-corrected chi connectivity index (χ0v) is 46.2. The number of hydrogen-bond donors (Lipinski definition) is 1. The SMILES string of the molecule is CCCCCCCCCCN(CCCCCCCCCC)C(=O)CCCCCCCN(CCCCCCCC(=O)N(CCCCCCCCCC)CCCCCCCCCC)CC1CC(O)C1. The number of carbonyl (C=O) groups is 2. The van der Waals surface area contributed by atoms with Crippen LogP contribution in [0, 0.1) is 5.92 Å². The van der Waals surface area contributed by atoms with Gasteiger partial charge in [0.2, 0.25) is 11.8 Å². The fraction of sp³-hybridized carbons (Fsp3) is 0.967. The highest BCUT2D eigenvalue weighted by Crippen LogP contribution is 2.28. The Morgan fingerprint density at radius 2 is 0.552 bits per heavy atom. The molecule has 1 saturated carbocycles. The van der Waals surface area contributed by atoms with Gasteiger partial charge in [-0.15, -0.1) is 0 Å². The summed E-state index contributed by atoms with van der Waals surface area (Å²) in [6, 6.07) is 0. The molecule has 67 heavy (non-hydrogen) atoms. The van der Waals surface area contributed by atoms with E-state index >= 15 is 0 Å². The minimum Gasteiger partial charge on any atom is -0.393 e. The van der Waals surface area contributed by atoms with E-state index in [-0.39, 0.29) is 6.10 Å². The summed E-state index contributed by atoms with van der Waals surface area (Å²) in [5.41, 5.74) is 0. The molecule has 6 nitrogen and oxygen atoms in total. The van der Waals surface area contributed by atoms with Crippen LogP contribution in [0.3, 0.4) is 0 Å². The van der Waals surface area contributed by atoms with Crippen molar-refractivity contribution in [1.82, 2.24) is 14.7 Å². The van der Waals surface area contributed by atoms with E-state index in [1.54, 1.807) is 0 Å². The van der Waals surface area contributed by atoms with Crippen LogP contribution in [0.25, 0.3) is 0 Å². The number of hydrogen-bond acceptors (Lipinski definition) is 4. The molecule has 0 bridgehead atoms. The zero-order valence-electron chi connectivity index (χ0n) is 46.2. The molecule has 0 aromatic rings. The molecule has 1 N–H and O–H groups in total. The molecule has 0 saturated heterocycles. The summed E-state index contributed by atoms with van der Waals surface area (Å²) in [5, 5.41) is 9.99. The quantitative estimate of drug-likeness (QED) is 0.0617. The topological polar surface area (TPSA) is 64.1 Å². The Kier molecular flexibility index (Phi) is 47.5. The van der Waals surface area contributed by atoms with Crippen LogP contribution in [0.2, 0.25) is 0 Å². The highest BCUT2D eigenvalue weighted by Gasteiger charge is 2.28. The molecule has 0 aromatic heterocycles. The number of amides is 2. The number of unbranched alkanes of at least 4 members (excludes halogenated alkanes) is 36. The second-order valence-electron chi connectivity index (χ2n) is 22.0. The molecule has 2 amide bonds. The minimum absolute atomic E-state index is 0.0783. The van der Waals surface area contributed by atoms with E-state index in [1.807, 2.05) is 0 Å². The van der Waals surface area contributed by atoms with E-state index in [2.05, 4.69) is 42.4 Å². The Morgan fingerprint density at radius 1 is 0.328 bits per heavy atom. The fourth-order valence-electron chi connectivity index (χ4n) is 10.6. The standard InChI is InChI=1S/C61H121N3O3/c1-5-9-13-17-21-25-35-43-51-63(52-44-36-26-22-18-14-10-6-2)60(66)47-39-31-29-33-41-49-62(57-58-55-59(65)56-58)50-42-34-30-32-40-48-61(67)64(53-45-37-27-23-19-15-11-7-3)54-46-38-28-24-20-16-12-8-4/h58-59,65H,5-57H2,1-4H3. The van der Waals surface area contributed by atoms with Crippen molar-refractivity contribution in [3.8, 4) is 0 Å². The highest BCUT2D eigenvalue weighted by molar-refractivity contribution is 5.76. The van der Waals surface area contributed by atoms with Crippen molar-refractivity contribution in [3.05, 3.63) is 0 Å². The van der Waals surface area contributed by atoms with Gasteiger partial charge in [0.05, 0.1) is 6.10 Å². The van der Waals surface area contributed by atoms with Gasteiger partial charge in [-0.3, -0.25) is 9.59 Å². The Balaban J connectivity index is 2.39. The van der Waals surface area contributed by atoms with E-state index in [9.17, 15) is 14.7 Å². The first-order valence-corrected chi connectivity index (χ1v) is 30.9. The minimum atomic E-state index is -0.0783. The van der Waals surface area contributed by atoms with Crippen LogP contribution in [-0.4, -0.2) is 83.5 Å². The third kappa shape index (κ3) is 41.2. The number of rotatable bonds is 54. The number of carbonyl (C=O) groups excluding carboxylic acids is 2. The van der Waals surface area contributed by atoms with Gasteiger partial charge in [-0.2, -0.15) is 0 Å². The van der Waals surface area contributed by atoms with Crippen molar-refractivity contribution in [2.24, 2.45) is 5.92 Å². The molecule has 0 heterocycles. The van der Waals surface area contributed by atoms with Gasteiger partial charge in [0, 0.05) is 45.6 Å². The molecule has 0 aliphatic heterocycles. The number of aliphatic hydroxyl groups is 1. The summed E-state index contributed by atoms with van der Waals surface area (Å²) < 4.78 is 0. The van der Waals surface area contributed by atoms with Crippen LogP contribution in [-0.2, 0) is 9.59 Å². The predicted molar refractivity (Wildman–Crippen MR) is 294 cm³/mol. The maximum absolute atomic E-state index is 13.4. The summed E-state index contributed by atoms with van der Waals surface area (Å²) in [5.74, 6) is 1.49. The zero-order chi connectivity index (χ0) is 48.5. The first-order chi connectivity index (χ1) is 32.9. The Bertz CT molecular complexity index is 923. The molecule has 1 rings (SSSR count). The first kappa shape index (κ1) is 63.9. The van der Waals surface area contributed by atoms with Gasteiger partial charge in [0.1, 0.15) is 0 Å². The first-order valence-electron chi connectivity index (χ1n) is 30.9. The summed E-state index contributed by atoms with van der Waals surface area (Å²) in [6.07, 6.45) is 57.4. The van der Waals surface area contributed by atoms with Crippen LogP contribution in [0.4, 0.5) is 0 Å². The van der Waals surface area contributed by atoms with Crippen LogP contribution in [0.5, 0.6) is 0 Å². The van der Waals surface area contributed by atoms with Gasteiger partial charge in [-0.1, -0.05) is 246 Å². The molecular formula is C61H121N3O3. The van der Waals surface area contributed by atoms with E-state index in [0.29, 0.717) is 17.7 Å². The van der Waals surface area contributed by atoms with Gasteiger partial charge in [0.15, 0.2) is 0 Å². The third-order valence-electron chi connectivity index (χ3n) is 15.3. The molecule has 0 unspecified atom stereocenters. The lowest BCUT2D eigenvalue weighted by Gasteiger charge is -2.36. The second kappa shape index (κ2) is 49.8. The fourth-order valence-corrected chi connectivity index (χ4v) is 10.6. The van der Waals surface area contributed by atoms with E-state index in [4.69, 9.17) is 0 Å². The third-order valence-corrected chi connectivity index (χ3v) is 15.3. The molecule has 1 fully saturated rings. The summed E-state index contributed by atoms with van der Waals surface area (Å²) >= 11 is 0. The second-order valence-corrected chi connectivity index (χ2v) is 22.0. The van der Waals surface area contributed by atoms with Crippen molar-refractivity contribution in [2.45, 2.75) is 329 Å². The van der Waals surface area contributed by atoms with Gasteiger partial charge < -0.3 is 19.8 Å². The van der Waals surface area contributed by atoms with E-state index < -0.39 is 0 Å². The lowest BCUT2D eigenvalue weighted by atomic mass is 9.82. The lowest BCUT2D eigenvalue weighted by molar-refractivity contribution is -0.132. The molecule has 0 atom stereocenters. The van der Waals surface area contributed by atoms with Crippen LogP contribution in [0.15, 0.2) is 0 Å². The number of aliphatic hydroxyl groups excluding tert-OH is 1. The van der Waals surface area contributed by atoms with Crippen molar-refractivity contribution in [2.75, 3.05) is 45.8 Å². The molecule has 1 aliphatic carbocycles. The molecule has 0 spiro atoms. The highest BCUT2D eigenvalue weighted by atomic mass is 16.3. The number of nitrogens with zero attached hydrogens (tertiary/aromatic N) is 3. The van der Waals surface area contributed by atoms with Crippen LogP contribution in [0.1, 0.15) is 323 Å². The molecule has 0 radical (unpaired) electrons. The average molecular weight is 945 g/mol. The summed E-state index contributed by atoms with van der Waals surface area (Å²) in [7, 11) is 0. The maximum Gasteiger partial charge on any atom is 0.222 e. The van der Waals surface area contributed by atoms with Gasteiger partial charge >= 0.3 is 0 Å². The smallest absolute Gasteiger partial charge is 0.222 e. The van der Waals surface area contributed by atoms with Crippen LogP contribution >= 0.6 is 0 Å². The predicted octanol–water partition coefficient (Wildman–Crippen LogP) is 18.0. The normalized spacial score (nSPS) is 14.8. The molecular weight excluding hydrogens is 823 g/mol.